The molecule has 1 saturated heterocycles. The second-order valence-corrected chi connectivity index (χ2v) is 8.72. The number of rotatable bonds is 4. The maximum atomic E-state index is 12.9. The number of hydrogen-bond acceptors (Lipinski definition) is 9. The number of aromatic nitrogens is 4. The summed E-state index contributed by atoms with van der Waals surface area (Å²) in [5, 5.41) is 9.60. The SMILES string of the molecule is COC(=O)c1nn(CN2CCC(c3nc4ccccc4s3)CC2)c(=O)c2noc(C)c12. The van der Waals surface area contributed by atoms with E-state index in [1.54, 1.807) is 18.3 Å². The van der Waals surface area contributed by atoms with Gasteiger partial charge in [0.05, 0.1) is 34.4 Å². The lowest BCUT2D eigenvalue weighted by atomic mass is 9.98. The first-order chi connectivity index (χ1) is 15.0. The number of hydrogen-bond donors (Lipinski definition) is 0. The minimum Gasteiger partial charge on any atom is -0.464 e. The molecule has 0 bridgehead atoms. The van der Waals surface area contributed by atoms with Crippen LogP contribution in [-0.4, -0.2) is 51.0 Å². The van der Waals surface area contributed by atoms with E-state index >= 15 is 0 Å². The van der Waals surface area contributed by atoms with Crippen LogP contribution in [0.15, 0.2) is 33.6 Å². The summed E-state index contributed by atoms with van der Waals surface area (Å²) in [4.78, 5) is 32.0. The van der Waals surface area contributed by atoms with Crippen molar-refractivity contribution in [2.45, 2.75) is 32.4 Å². The van der Waals surface area contributed by atoms with Gasteiger partial charge >= 0.3 is 5.97 Å². The molecule has 1 fully saturated rings. The summed E-state index contributed by atoms with van der Waals surface area (Å²) in [5.74, 6) is 0.146. The summed E-state index contributed by atoms with van der Waals surface area (Å²) in [6.45, 7) is 3.52. The lowest BCUT2D eigenvalue weighted by Crippen LogP contribution is -2.39. The number of carbonyl (C=O) groups is 1. The predicted molar refractivity (Wildman–Crippen MR) is 115 cm³/mol. The fraction of sp³-hybridized carbons (Fsp3) is 0.381. The molecule has 160 valence electrons. The second kappa shape index (κ2) is 7.86. The average molecular weight is 439 g/mol. The van der Waals surface area contributed by atoms with Gasteiger partial charge in [-0.3, -0.25) is 9.69 Å². The largest absolute Gasteiger partial charge is 0.464 e. The first-order valence-corrected chi connectivity index (χ1v) is 10.9. The summed E-state index contributed by atoms with van der Waals surface area (Å²) in [5.41, 5.74) is 0.803. The zero-order valence-corrected chi connectivity index (χ0v) is 18.0. The molecule has 3 aromatic heterocycles. The first-order valence-electron chi connectivity index (χ1n) is 10.1. The minimum absolute atomic E-state index is 0.0419. The molecule has 0 spiro atoms. The lowest BCUT2D eigenvalue weighted by Gasteiger charge is -2.30. The Morgan fingerprint density at radius 3 is 2.81 bits per heavy atom. The summed E-state index contributed by atoms with van der Waals surface area (Å²) < 4.78 is 12.5. The van der Waals surface area contributed by atoms with Crippen molar-refractivity contribution in [3.63, 3.8) is 0 Å². The van der Waals surface area contributed by atoms with Crippen LogP contribution in [0, 0.1) is 6.92 Å². The number of thiazole rings is 1. The highest BCUT2D eigenvalue weighted by Crippen LogP contribution is 2.33. The molecule has 0 radical (unpaired) electrons. The van der Waals surface area contributed by atoms with Crippen LogP contribution in [0.1, 0.15) is 40.0 Å². The Kier molecular flexibility index (Phi) is 5.03. The van der Waals surface area contributed by atoms with Gasteiger partial charge in [0.25, 0.3) is 5.56 Å². The lowest BCUT2D eigenvalue weighted by molar-refractivity contribution is 0.0591. The van der Waals surface area contributed by atoms with E-state index in [0.29, 0.717) is 17.1 Å². The number of aryl methyl sites for hydroxylation is 1. The Morgan fingerprint density at radius 1 is 1.29 bits per heavy atom. The molecule has 0 saturated carbocycles. The molecule has 4 aromatic rings. The number of esters is 1. The maximum Gasteiger partial charge on any atom is 0.359 e. The smallest absolute Gasteiger partial charge is 0.359 e. The van der Waals surface area contributed by atoms with E-state index in [0.717, 1.165) is 31.4 Å². The topological polar surface area (TPSA) is 103 Å². The van der Waals surface area contributed by atoms with Gasteiger partial charge in [-0.05, 0) is 31.9 Å². The Hall–Kier alpha value is -3.11. The number of carbonyl (C=O) groups excluding carboxylic acids is 1. The number of benzene rings is 1. The monoisotopic (exact) mass is 439 g/mol. The summed E-state index contributed by atoms with van der Waals surface area (Å²) >= 11 is 1.76. The van der Waals surface area contributed by atoms with Crippen LogP contribution in [0.25, 0.3) is 21.1 Å². The van der Waals surface area contributed by atoms with Crippen molar-refractivity contribution in [1.82, 2.24) is 24.8 Å². The highest BCUT2D eigenvalue weighted by molar-refractivity contribution is 7.18. The third kappa shape index (κ3) is 3.51. The molecule has 1 aliphatic rings. The summed E-state index contributed by atoms with van der Waals surface area (Å²) in [7, 11) is 1.28. The Labute approximate surface area is 181 Å². The van der Waals surface area contributed by atoms with Gasteiger partial charge in [0, 0.05) is 19.0 Å². The van der Waals surface area contributed by atoms with Crippen LogP contribution < -0.4 is 5.56 Å². The van der Waals surface area contributed by atoms with E-state index < -0.39 is 5.97 Å². The number of methoxy groups -OCH3 is 1. The molecule has 0 atom stereocenters. The van der Waals surface area contributed by atoms with Crippen LogP contribution in [0.4, 0.5) is 0 Å². The van der Waals surface area contributed by atoms with E-state index in [2.05, 4.69) is 21.2 Å². The van der Waals surface area contributed by atoms with E-state index in [-0.39, 0.29) is 23.4 Å². The molecule has 10 heteroatoms. The van der Waals surface area contributed by atoms with Crippen molar-refractivity contribution in [3.8, 4) is 0 Å². The van der Waals surface area contributed by atoms with E-state index in [9.17, 15) is 9.59 Å². The van der Waals surface area contributed by atoms with Gasteiger partial charge in [0.1, 0.15) is 5.76 Å². The molecule has 4 heterocycles. The van der Waals surface area contributed by atoms with Gasteiger partial charge in [0.15, 0.2) is 11.2 Å². The predicted octanol–water partition coefficient (Wildman–Crippen LogP) is 2.93. The van der Waals surface area contributed by atoms with Crippen molar-refractivity contribution in [2.24, 2.45) is 0 Å². The van der Waals surface area contributed by atoms with Gasteiger partial charge in [-0.15, -0.1) is 11.3 Å². The minimum atomic E-state index is -0.625. The first kappa shape index (κ1) is 19.8. The Bertz CT molecular complexity index is 1300. The van der Waals surface area contributed by atoms with Crippen molar-refractivity contribution in [3.05, 3.63) is 51.1 Å². The molecule has 0 unspecified atom stereocenters. The second-order valence-electron chi connectivity index (χ2n) is 7.66. The number of nitrogens with zero attached hydrogens (tertiary/aromatic N) is 5. The molecule has 1 aliphatic heterocycles. The summed E-state index contributed by atoms with van der Waals surface area (Å²) in [6, 6.07) is 8.19. The van der Waals surface area contributed by atoms with E-state index in [1.165, 1.54) is 21.5 Å². The number of para-hydroxylation sites is 1. The van der Waals surface area contributed by atoms with Crippen LogP contribution in [-0.2, 0) is 11.4 Å². The quantitative estimate of drug-likeness (QED) is 0.447. The van der Waals surface area contributed by atoms with E-state index in [1.807, 2.05) is 18.2 Å². The standard InChI is InChI=1S/C21H21N5O4S/c1-12-16-17(24-30-12)20(27)26(23-18(16)21(28)29-2)11-25-9-7-13(8-10-25)19-22-14-5-3-4-6-15(14)31-19/h3-6,13H,7-11H2,1-2H3. The number of ether oxygens (including phenoxy) is 1. The summed E-state index contributed by atoms with van der Waals surface area (Å²) in [6.07, 6.45) is 1.90. The van der Waals surface area contributed by atoms with Crippen LogP contribution in [0.5, 0.6) is 0 Å². The van der Waals surface area contributed by atoms with Crippen LogP contribution in [0.3, 0.4) is 0 Å². The van der Waals surface area contributed by atoms with Crippen molar-refractivity contribution >= 4 is 38.4 Å². The van der Waals surface area contributed by atoms with E-state index in [4.69, 9.17) is 14.2 Å². The van der Waals surface area contributed by atoms with Gasteiger partial charge in [0.2, 0.25) is 0 Å². The molecule has 1 aromatic carbocycles. The van der Waals surface area contributed by atoms with Gasteiger partial charge < -0.3 is 9.26 Å². The fourth-order valence-electron chi connectivity index (χ4n) is 4.05. The van der Waals surface area contributed by atoms with Crippen molar-refractivity contribution < 1.29 is 14.1 Å². The van der Waals surface area contributed by atoms with Gasteiger partial charge in [-0.25, -0.2) is 14.5 Å². The number of fused-ring (bicyclic) bond motifs is 2. The van der Waals surface area contributed by atoms with Crippen molar-refractivity contribution in [1.29, 1.82) is 0 Å². The average Bonchev–Trinajstić information content (AvgIpc) is 3.40. The Morgan fingerprint density at radius 2 is 2.06 bits per heavy atom. The van der Waals surface area contributed by atoms with Crippen molar-refractivity contribution in [2.75, 3.05) is 20.2 Å². The van der Waals surface area contributed by atoms with Gasteiger partial charge in [-0.1, -0.05) is 17.3 Å². The number of piperidine rings is 1. The molecule has 0 amide bonds. The normalized spacial score (nSPS) is 15.7. The molecule has 9 nitrogen and oxygen atoms in total. The molecule has 0 aliphatic carbocycles. The molecule has 5 rings (SSSR count). The molecular weight excluding hydrogens is 418 g/mol. The third-order valence-corrected chi connectivity index (χ3v) is 6.92. The zero-order chi connectivity index (χ0) is 21.5. The van der Waals surface area contributed by atoms with Crippen LogP contribution in [0.2, 0.25) is 0 Å². The zero-order valence-electron chi connectivity index (χ0n) is 17.2. The van der Waals surface area contributed by atoms with Gasteiger partial charge in [-0.2, -0.15) is 5.10 Å². The highest BCUT2D eigenvalue weighted by atomic mass is 32.1. The molecule has 0 N–H and O–H groups in total. The Balaban J connectivity index is 1.36. The molecule has 31 heavy (non-hydrogen) atoms. The molecular formula is C21H21N5O4S. The number of likely N-dealkylation sites (tertiary alicyclic amines) is 1. The maximum absolute atomic E-state index is 12.9. The fourth-order valence-corrected chi connectivity index (χ4v) is 5.18. The third-order valence-electron chi connectivity index (χ3n) is 5.72. The van der Waals surface area contributed by atoms with Crippen LogP contribution >= 0.6 is 11.3 Å². The highest BCUT2D eigenvalue weighted by Gasteiger charge is 2.26.